The predicted molar refractivity (Wildman–Crippen MR) is 138 cm³/mol. The van der Waals surface area contributed by atoms with E-state index in [1.807, 2.05) is 59.5 Å². The molecule has 3 heterocycles. The third-order valence-electron chi connectivity index (χ3n) is 6.72. The van der Waals surface area contributed by atoms with Crippen LogP contribution in [-0.2, 0) is 4.79 Å². The summed E-state index contributed by atoms with van der Waals surface area (Å²) in [5, 5.41) is 5.88. The van der Waals surface area contributed by atoms with E-state index in [2.05, 4.69) is 28.9 Å². The number of aromatic nitrogens is 3. The van der Waals surface area contributed by atoms with Gasteiger partial charge in [0.25, 0.3) is 0 Å². The molecule has 1 unspecified atom stereocenters. The van der Waals surface area contributed by atoms with Crippen molar-refractivity contribution in [2.24, 2.45) is 0 Å². The maximum atomic E-state index is 12.8. The van der Waals surface area contributed by atoms with Crippen LogP contribution in [0.4, 0.5) is 5.69 Å². The van der Waals surface area contributed by atoms with Crippen LogP contribution in [0, 0.1) is 6.92 Å². The first-order valence-electron chi connectivity index (χ1n) is 12.1. The molecule has 0 spiro atoms. The van der Waals surface area contributed by atoms with Gasteiger partial charge in [-0.15, -0.1) is 0 Å². The van der Waals surface area contributed by atoms with Gasteiger partial charge in [0, 0.05) is 44.0 Å². The number of anilines is 1. The summed E-state index contributed by atoms with van der Waals surface area (Å²) in [6.07, 6.45) is 4.69. The molecule has 35 heavy (non-hydrogen) atoms. The zero-order chi connectivity index (χ0) is 24.4. The fourth-order valence-corrected chi connectivity index (χ4v) is 5.16. The molecule has 1 saturated heterocycles. The number of Topliss-reactive ketones (excluding diaryl/α,β-unsaturated/α-hetero) is 1. The van der Waals surface area contributed by atoms with Crippen LogP contribution < -0.4 is 9.64 Å². The molecule has 4 aromatic rings. The highest BCUT2D eigenvalue weighted by atomic mass is 16.5. The number of aryl methyl sites for hydroxylation is 1. The molecule has 2 aromatic carbocycles. The zero-order valence-electron chi connectivity index (χ0n) is 20.5. The number of ether oxygens (including phenoxy) is 1. The first kappa shape index (κ1) is 23.1. The Bertz CT molecular complexity index is 1330. The van der Waals surface area contributed by atoms with Gasteiger partial charge in [-0.25, -0.2) is 4.68 Å². The van der Waals surface area contributed by atoms with Gasteiger partial charge in [-0.05, 0) is 56.2 Å². The van der Waals surface area contributed by atoms with Gasteiger partial charge in [-0.2, -0.15) is 5.10 Å². The van der Waals surface area contributed by atoms with Gasteiger partial charge in [0.1, 0.15) is 17.5 Å². The number of nitrogens with zero attached hydrogens (tertiary/aromatic N) is 5. The van der Waals surface area contributed by atoms with Crippen LogP contribution in [0.15, 0.2) is 67.0 Å². The minimum atomic E-state index is -0.366. The van der Waals surface area contributed by atoms with Gasteiger partial charge in [0.15, 0.2) is 5.78 Å². The van der Waals surface area contributed by atoms with Crippen molar-refractivity contribution >= 4 is 22.4 Å². The van der Waals surface area contributed by atoms with Crippen molar-refractivity contribution in [3.63, 3.8) is 0 Å². The third-order valence-corrected chi connectivity index (χ3v) is 6.72. The molecule has 180 valence electrons. The molecule has 7 nitrogen and oxygen atoms in total. The first-order chi connectivity index (χ1) is 17.1. The Morgan fingerprint density at radius 3 is 2.63 bits per heavy atom. The van der Waals surface area contributed by atoms with E-state index in [1.165, 1.54) is 0 Å². The van der Waals surface area contributed by atoms with Crippen molar-refractivity contribution in [3.05, 3.63) is 78.2 Å². The van der Waals surface area contributed by atoms with E-state index >= 15 is 0 Å². The summed E-state index contributed by atoms with van der Waals surface area (Å²) < 4.78 is 7.68. The number of para-hydroxylation sites is 1. The number of pyridine rings is 1. The van der Waals surface area contributed by atoms with Crippen molar-refractivity contribution in [3.8, 4) is 11.4 Å². The van der Waals surface area contributed by atoms with Gasteiger partial charge >= 0.3 is 0 Å². The number of fused-ring (bicyclic) bond motifs is 1. The number of methoxy groups -OCH3 is 1. The molecule has 0 bridgehead atoms. The number of ketones is 1. The van der Waals surface area contributed by atoms with E-state index in [1.54, 1.807) is 14.0 Å². The molecule has 1 fully saturated rings. The Morgan fingerprint density at radius 2 is 1.86 bits per heavy atom. The Hall–Kier alpha value is -3.71. The highest BCUT2D eigenvalue weighted by Crippen LogP contribution is 2.39. The summed E-state index contributed by atoms with van der Waals surface area (Å²) in [5.74, 6) is 0.978. The lowest BCUT2D eigenvalue weighted by Gasteiger charge is -2.29. The van der Waals surface area contributed by atoms with Crippen LogP contribution in [-0.4, -0.2) is 58.7 Å². The predicted octanol–water partition coefficient (Wildman–Crippen LogP) is 4.58. The Balaban J connectivity index is 1.43. The lowest BCUT2D eigenvalue weighted by atomic mass is 10.1. The van der Waals surface area contributed by atoms with E-state index < -0.39 is 0 Å². The molecule has 1 atom stereocenters. The first-order valence-corrected chi connectivity index (χ1v) is 12.1. The van der Waals surface area contributed by atoms with Crippen LogP contribution in [0.1, 0.15) is 30.6 Å². The summed E-state index contributed by atoms with van der Waals surface area (Å²) in [4.78, 5) is 22.2. The molecular formula is C28H31N5O2. The highest BCUT2D eigenvalue weighted by Gasteiger charge is 2.30. The summed E-state index contributed by atoms with van der Waals surface area (Å²) in [6, 6.07) is 17.8. The molecule has 0 saturated carbocycles. The third kappa shape index (κ3) is 4.51. The quantitative estimate of drug-likeness (QED) is 0.412. The molecule has 0 radical (unpaired) electrons. The van der Waals surface area contributed by atoms with E-state index in [-0.39, 0.29) is 11.8 Å². The monoisotopic (exact) mass is 469 g/mol. The molecular weight excluding hydrogens is 438 g/mol. The van der Waals surface area contributed by atoms with Crippen LogP contribution in [0.25, 0.3) is 16.6 Å². The minimum absolute atomic E-state index is 0.108. The van der Waals surface area contributed by atoms with Crippen molar-refractivity contribution < 1.29 is 9.53 Å². The van der Waals surface area contributed by atoms with Gasteiger partial charge in [0.05, 0.1) is 24.0 Å². The summed E-state index contributed by atoms with van der Waals surface area (Å²) in [5.41, 5.74) is 4.85. The second-order valence-corrected chi connectivity index (χ2v) is 9.06. The second kappa shape index (κ2) is 9.88. The van der Waals surface area contributed by atoms with Gasteiger partial charge in [-0.3, -0.25) is 14.7 Å². The normalized spacial score (nSPS) is 15.7. The molecule has 1 aliphatic rings. The maximum absolute atomic E-state index is 12.8. The van der Waals surface area contributed by atoms with E-state index in [0.29, 0.717) is 0 Å². The van der Waals surface area contributed by atoms with Crippen LogP contribution >= 0.6 is 0 Å². The van der Waals surface area contributed by atoms with Crippen LogP contribution in [0.5, 0.6) is 5.75 Å². The molecule has 0 aliphatic carbocycles. The molecule has 2 aromatic heterocycles. The van der Waals surface area contributed by atoms with E-state index in [9.17, 15) is 4.79 Å². The Morgan fingerprint density at radius 1 is 1.03 bits per heavy atom. The van der Waals surface area contributed by atoms with Gasteiger partial charge < -0.3 is 9.64 Å². The Labute approximate surface area is 205 Å². The van der Waals surface area contributed by atoms with Crippen LogP contribution in [0.3, 0.4) is 0 Å². The van der Waals surface area contributed by atoms with Crippen molar-refractivity contribution in [1.29, 1.82) is 0 Å². The summed E-state index contributed by atoms with van der Waals surface area (Å²) >= 11 is 0. The maximum Gasteiger partial charge on any atom is 0.153 e. The lowest BCUT2D eigenvalue weighted by molar-refractivity contribution is -0.122. The molecule has 7 heteroatoms. The van der Waals surface area contributed by atoms with E-state index in [0.717, 1.165) is 71.9 Å². The average Bonchev–Trinajstić information content (AvgIpc) is 3.22. The Kier molecular flexibility index (Phi) is 6.51. The molecule has 0 N–H and O–H groups in total. The zero-order valence-corrected chi connectivity index (χ0v) is 20.5. The van der Waals surface area contributed by atoms with Crippen molar-refractivity contribution in [2.45, 2.75) is 26.3 Å². The molecule has 5 rings (SSSR count). The van der Waals surface area contributed by atoms with Crippen molar-refractivity contribution in [2.75, 3.05) is 38.2 Å². The number of benzene rings is 2. The number of carbonyl (C=O) groups is 1. The van der Waals surface area contributed by atoms with Gasteiger partial charge in [0.2, 0.25) is 0 Å². The van der Waals surface area contributed by atoms with Gasteiger partial charge in [-0.1, -0.05) is 24.3 Å². The number of carbonyl (C=O) groups excluding carboxylic acids is 1. The minimum Gasteiger partial charge on any atom is -0.494 e. The molecule has 0 amide bonds. The highest BCUT2D eigenvalue weighted by molar-refractivity contribution is 5.95. The van der Waals surface area contributed by atoms with E-state index in [4.69, 9.17) is 14.8 Å². The summed E-state index contributed by atoms with van der Waals surface area (Å²) in [6.45, 7) is 6.94. The number of hydrogen-bond donors (Lipinski definition) is 0. The standard InChI is InChI=1S/C28H31N5O2/c1-20-19-22-9-7-13-29-25(22)27(28(20)35-3)32-15-8-14-31(17-18-32)26(21(2)34)24-12-16-33(30-24)23-10-5-4-6-11-23/h4-7,9-13,16,19,26H,8,14-15,17-18H2,1-3H3. The molecule has 1 aliphatic heterocycles. The topological polar surface area (TPSA) is 63.5 Å². The number of hydrogen-bond acceptors (Lipinski definition) is 6. The summed E-state index contributed by atoms with van der Waals surface area (Å²) in [7, 11) is 1.72. The van der Waals surface area contributed by atoms with Crippen molar-refractivity contribution in [1.82, 2.24) is 19.7 Å². The largest absolute Gasteiger partial charge is 0.494 e. The average molecular weight is 470 g/mol. The smallest absolute Gasteiger partial charge is 0.153 e. The fraction of sp³-hybridized carbons (Fsp3) is 0.321. The lowest BCUT2D eigenvalue weighted by Crippen LogP contribution is -2.37. The fourth-order valence-electron chi connectivity index (χ4n) is 5.16. The van der Waals surface area contributed by atoms with Crippen LogP contribution in [0.2, 0.25) is 0 Å². The number of rotatable bonds is 6. The SMILES string of the molecule is COc1c(C)cc2cccnc2c1N1CCCN(C(C(C)=O)c2ccn(-c3ccccc3)n2)CC1. The second-order valence-electron chi connectivity index (χ2n) is 9.06.